The Labute approximate surface area is 178 Å². The monoisotopic (exact) mass is 400 g/mol. The van der Waals surface area contributed by atoms with Gasteiger partial charge >= 0.3 is 0 Å². The molecule has 1 aliphatic heterocycles. The third-order valence-electron chi connectivity index (χ3n) is 5.88. The maximum Gasteiger partial charge on any atom is 0.274 e. The second kappa shape index (κ2) is 9.18. The predicted octanol–water partition coefficient (Wildman–Crippen LogP) is 5.08. The second-order valence-corrected chi connectivity index (χ2v) is 8.02. The topological polar surface area (TPSA) is 58.1 Å². The number of aromatic nitrogens is 2. The fourth-order valence-electron chi connectivity index (χ4n) is 4.02. The highest BCUT2D eigenvalue weighted by molar-refractivity contribution is 6.03. The highest BCUT2D eigenvalue weighted by atomic mass is 16.1. The molecule has 1 aliphatic rings. The van der Waals surface area contributed by atoms with Gasteiger partial charge in [-0.05, 0) is 56.5 Å². The highest BCUT2D eigenvalue weighted by Gasteiger charge is 2.18. The summed E-state index contributed by atoms with van der Waals surface area (Å²) >= 11 is 0. The number of nitrogens with zero attached hydrogens (tertiary/aromatic N) is 3. The van der Waals surface area contributed by atoms with Crippen LogP contribution >= 0.6 is 0 Å². The lowest BCUT2D eigenvalue weighted by Gasteiger charge is -2.33. The van der Waals surface area contributed by atoms with Crippen molar-refractivity contribution in [2.75, 3.05) is 11.9 Å². The number of carbonyl (C=O) groups is 1. The summed E-state index contributed by atoms with van der Waals surface area (Å²) in [5.41, 5.74) is 5.15. The van der Waals surface area contributed by atoms with Crippen LogP contribution in [0.25, 0.3) is 11.3 Å². The van der Waals surface area contributed by atoms with Crippen molar-refractivity contribution in [2.24, 2.45) is 0 Å². The molecule has 5 nitrogen and oxygen atoms in total. The molecule has 154 valence electrons. The molecule has 0 bridgehead atoms. The number of pyridine rings is 2. The van der Waals surface area contributed by atoms with Gasteiger partial charge in [0.2, 0.25) is 0 Å². The Morgan fingerprint density at radius 1 is 1.10 bits per heavy atom. The summed E-state index contributed by atoms with van der Waals surface area (Å²) in [6.07, 6.45) is 7.38. The van der Waals surface area contributed by atoms with Crippen LogP contribution in [0.4, 0.5) is 5.69 Å². The van der Waals surface area contributed by atoms with Crippen molar-refractivity contribution in [3.8, 4) is 11.3 Å². The van der Waals surface area contributed by atoms with Crippen LogP contribution < -0.4 is 5.32 Å². The zero-order valence-corrected chi connectivity index (χ0v) is 17.6. The fourth-order valence-corrected chi connectivity index (χ4v) is 4.02. The Morgan fingerprint density at radius 3 is 2.67 bits per heavy atom. The van der Waals surface area contributed by atoms with Gasteiger partial charge in [0.05, 0.1) is 5.69 Å². The normalized spacial score (nSPS) is 16.9. The average molecular weight is 401 g/mol. The Hall–Kier alpha value is -3.05. The number of rotatable bonds is 5. The Bertz CT molecular complexity index is 1000. The molecule has 0 unspecified atom stereocenters. The number of hydrogen-bond donors (Lipinski definition) is 1. The van der Waals surface area contributed by atoms with Crippen LogP contribution in [-0.2, 0) is 6.54 Å². The Morgan fingerprint density at radius 2 is 1.93 bits per heavy atom. The molecule has 5 heteroatoms. The van der Waals surface area contributed by atoms with Crippen molar-refractivity contribution in [1.29, 1.82) is 0 Å². The van der Waals surface area contributed by atoms with Gasteiger partial charge in [-0.2, -0.15) is 0 Å². The van der Waals surface area contributed by atoms with Crippen LogP contribution in [-0.4, -0.2) is 33.4 Å². The van der Waals surface area contributed by atoms with E-state index < -0.39 is 0 Å². The van der Waals surface area contributed by atoms with Gasteiger partial charge in [0.15, 0.2) is 0 Å². The maximum atomic E-state index is 12.8. The van der Waals surface area contributed by atoms with Crippen LogP contribution in [0.3, 0.4) is 0 Å². The van der Waals surface area contributed by atoms with E-state index in [-0.39, 0.29) is 5.91 Å². The van der Waals surface area contributed by atoms with Crippen molar-refractivity contribution in [3.05, 3.63) is 77.7 Å². The highest BCUT2D eigenvalue weighted by Crippen LogP contribution is 2.26. The molecule has 3 heterocycles. The van der Waals surface area contributed by atoms with E-state index >= 15 is 0 Å². The van der Waals surface area contributed by atoms with Gasteiger partial charge in [0, 0.05) is 36.2 Å². The number of hydrogen-bond acceptors (Lipinski definition) is 4. The molecule has 0 aliphatic carbocycles. The number of anilines is 1. The lowest BCUT2D eigenvalue weighted by molar-refractivity contribution is 0.102. The number of carbonyl (C=O) groups excluding carboxylic acids is 1. The van der Waals surface area contributed by atoms with Gasteiger partial charge in [-0.3, -0.25) is 19.7 Å². The van der Waals surface area contributed by atoms with E-state index in [4.69, 9.17) is 0 Å². The zero-order chi connectivity index (χ0) is 20.9. The average Bonchev–Trinajstić information content (AvgIpc) is 2.78. The van der Waals surface area contributed by atoms with Gasteiger partial charge in [-0.25, -0.2) is 0 Å². The molecule has 30 heavy (non-hydrogen) atoms. The first kappa shape index (κ1) is 20.2. The summed E-state index contributed by atoms with van der Waals surface area (Å²) in [5, 5.41) is 2.99. The second-order valence-electron chi connectivity index (χ2n) is 8.02. The van der Waals surface area contributed by atoms with E-state index in [1.54, 1.807) is 6.20 Å². The molecular weight excluding hydrogens is 372 g/mol. The smallest absolute Gasteiger partial charge is 0.274 e. The maximum absolute atomic E-state index is 12.8. The lowest BCUT2D eigenvalue weighted by Crippen LogP contribution is -2.36. The third-order valence-corrected chi connectivity index (χ3v) is 5.88. The minimum atomic E-state index is -0.207. The first-order chi connectivity index (χ1) is 14.6. The summed E-state index contributed by atoms with van der Waals surface area (Å²) in [6.45, 7) is 6.28. The Balaban J connectivity index is 1.45. The molecule has 1 aromatic carbocycles. The largest absolute Gasteiger partial charge is 0.320 e. The van der Waals surface area contributed by atoms with E-state index in [9.17, 15) is 4.79 Å². The van der Waals surface area contributed by atoms with E-state index in [0.717, 1.165) is 41.2 Å². The minimum Gasteiger partial charge on any atom is -0.320 e. The molecule has 1 atom stereocenters. The molecular formula is C25H28N4O. The lowest BCUT2D eigenvalue weighted by atomic mass is 10.0. The molecule has 3 aromatic rings. The summed E-state index contributed by atoms with van der Waals surface area (Å²) in [5.74, 6) is -0.207. The van der Waals surface area contributed by atoms with E-state index in [1.165, 1.54) is 19.3 Å². The molecule has 0 spiro atoms. The van der Waals surface area contributed by atoms with Crippen molar-refractivity contribution in [1.82, 2.24) is 14.9 Å². The molecule has 1 amide bonds. The third kappa shape index (κ3) is 4.57. The van der Waals surface area contributed by atoms with Crippen molar-refractivity contribution >= 4 is 11.6 Å². The van der Waals surface area contributed by atoms with Crippen LogP contribution in [0.2, 0.25) is 0 Å². The molecule has 2 aromatic heterocycles. The van der Waals surface area contributed by atoms with Crippen LogP contribution in [0.15, 0.2) is 60.9 Å². The van der Waals surface area contributed by atoms with E-state index in [2.05, 4.69) is 27.1 Å². The fraction of sp³-hybridized carbons (Fsp3) is 0.320. The quantitative estimate of drug-likeness (QED) is 0.649. The summed E-state index contributed by atoms with van der Waals surface area (Å²) in [7, 11) is 0. The molecule has 4 rings (SSSR count). The minimum absolute atomic E-state index is 0.207. The molecule has 1 saturated heterocycles. The van der Waals surface area contributed by atoms with Crippen molar-refractivity contribution in [2.45, 2.75) is 45.7 Å². The van der Waals surface area contributed by atoms with Crippen LogP contribution in [0.1, 0.15) is 47.8 Å². The van der Waals surface area contributed by atoms with Gasteiger partial charge in [-0.1, -0.05) is 42.8 Å². The summed E-state index contributed by atoms with van der Waals surface area (Å²) in [6, 6.07) is 16.2. The number of amides is 1. The summed E-state index contributed by atoms with van der Waals surface area (Å²) < 4.78 is 0. The summed E-state index contributed by atoms with van der Waals surface area (Å²) in [4.78, 5) is 24.2. The van der Waals surface area contributed by atoms with Crippen LogP contribution in [0, 0.1) is 6.92 Å². The van der Waals surface area contributed by atoms with E-state index in [0.29, 0.717) is 11.7 Å². The van der Waals surface area contributed by atoms with Gasteiger partial charge in [0.25, 0.3) is 5.91 Å². The van der Waals surface area contributed by atoms with Crippen LogP contribution in [0.5, 0.6) is 0 Å². The molecule has 1 N–H and O–H groups in total. The Kier molecular flexibility index (Phi) is 6.19. The number of likely N-dealkylation sites (tertiary alicyclic amines) is 1. The first-order valence-electron chi connectivity index (χ1n) is 10.6. The van der Waals surface area contributed by atoms with Crippen molar-refractivity contribution in [3.63, 3.8) is 0 Å². The predicted molar refractivity (Wildman–Crippen MR) is 120 cm³/mol. The van der Waals surface area contributed by atoms with Crippen molar-refractivity contribution < 1.29 is 4.79 Å². The van der Waals surface area contributed by atoms with Gasteiger partial charge in [0.1, 0.15) is 5.69 Å². The van der Waals surface area contributed by atoms with Gasteiger partial charge < -0.3 is 5.32 Å². The number of nitrogens with one attached hydrogen (secondary N) is 1. The van der Waals surface area contributed by atoms with Gasteiger partial charge in [-0.15, -0.1) is 0 Å². The number of piperidine rings is 1. The SMILES string of the molecule is Cc1c(NC(=O)c2ccc(CN3CCCC[C@H]3C)cn2)ccnc1-c1ccccc1. The first-order valence-corrected chi connectivity index (χ1v) is 10.6. The standard InChI is InChI=1S/C25H28N4O/c1-18-8-6-7-15-29(18)17-20-11-12-23(27-16-20)25(30)28-22-13-14-26-24(19(22)2)21-9-4-3-5-10-21/h3-5,9-14,16,18H,6-8,15,17H2,1-2H3,(H,26,28,30)/t18-/m1/s1. The zero-order valence-electron chi connectivity index (χ0n) is 17.6. The molecule has 0 saturated carbocycles. The van der Waals surface area contributed by atoms with E-state index in [1.807, 2.05) is 61.7 Å². The number of benzene rings is 1. The molecule has 1 fully saturated rings. The molecule has 0 radical (unpaired) electrons.